The summed E-state index contributed by atoms with van der Waals surface area (Å²) in [5.41, 5.74) is 4.04. The predicted octanol–water partition coefficient (Wildman–Crippen LogP) is 4.29. The van der Waals surface area contributed by atoms with Gasteiger partial charge in [-0.25, -0.2) is 9.37 Å². The van der Waals surface area contributed by atoms with E-state index in [9.17, 15) is 9.18 Å². The zero-order valence-corrected chi connectivity index (χ0v) is 14.1. The number of likely N-dealkylation sites (N-methyl/N-ethyl adjacent to an activating group) is 1. The Hall–Kier alpha value is -2.46. The molecule has 0 unspecified atom stereocenters. The maximum atomic E-state index is 13.6. The van der Waals surface area contributed by atoms with Crippen LogP contribution in [0.2, 0.25) is 5.02 Å². The van der Waals surface area contributed by atoms with Gasteiger partial charge in [0.25, 0.3) is 0 Å². The van der Waals surface area contributed by atoms with E-state index in [1.54, 1.807) is 13.1 Å². The Labute approximate surface area is 144 Å². The molecule has 1 aromatic heterocycles. The van der Waals surface area contributed by atoms with Crippen molar-refractivity contribution in [3.8, 4) is 11.3 Å². The van der Waals surface area contributed by atoms with Crippen LogP contribution in [0.1, 0.15) is 11.1 Å². The van der Waals surface area contributed by atoms with Gasteiger partial charge in [0.15, 0.2) is 0 Å². The van der Waals surface area contributed by atoms with Gasteiger partial charge in [-0.15, -0.1) is 0 Å². The number of nitrogens with zero attached hydrogens (tertiary/aromatic N) is 1. The summed E-state index contributed by atoms with van der Waals surface area (Å²) in [4.78, 5) is 16.1. The van der Waals surface area contributed by atoms with Gasteiger partial charge in [-0.2, -0.15) is 0 Å². The molecule has 0 bridgehead atoms. The van der Waals surface area contributed by atoms with E-state index in [4.69, 9.17) is 11.6 Å². The summed E-state index contributed by atoms with van der Waals surface area (Å²) in [6, 6.07) is 12.0. The van der Waals surface area contributed by atoms with Gasteiger partial charge in [0.05, 0.1) is 17.6 Å². The molecule has 0 saturated carbocycles. The molecular formula is C19H16ClFN2O. The zero-order valence-electron chi connectivity index (χ0n) is 13.4. The van der Waals surface area contributed by atoms with Crippen molar-refractivity contribution in [2.45, 2.75) is 13.3 Å². The number of pyridine rings is 1. The first-order chi connectivity index (χ1) is 11.5. The first-order valence-corrected chi connectivity index (χ1v) is 7.91. The lowest BCUT2D eigenvalue weighted by molar-refractivity contribution is -0.119. The van der Waals surface area contributed by atoms with Crippen molar-refractivity contribution in [2.24, 2.45) is 0 Å². The number of carbonyl (C=O) groups excluding carboxylic acids is 1. The van der Waals surface area contributed by atoms with Crippen LogP contribution in [0, 0.1) is 12.7 Å². The molecule has 2 aromatic carbocycles. The molecule has 0 aliphatic heterocycles. The zero-order chi connectivity index (χ0) is 17.3. The van der Waals surface area contributed by atoms with Crippen LogP contribution in [0.3, 0.4) is 0 Å². The van der Waals surface area contributed by atoms with Gasteiger partial charge >= 0.3 is 0 Å². The summed E-state index contributed by atoms with van der Waals surface area (Å²) in [5, 5.41) is 3.93. The van der Waals surface area contributed by atoms with E-state index in [2.05, 4.69) is 10.3 Å². The molecule has 0 aliphatic carbocycles. The van der Waals surface area contributed by atoms with E-state index >= 15 is 0 Å². The summed E-state index contributed by atoms with van der Waals surface area (Å²) in [5.74, 6) is -0.427. The van der Waals surface area contributed by atoms with Gasteiger partial charge in [0.1, 0.15) is 5.82 Å². The lowest BCUT2D eigenvalue weighted by Gasteiger charge is -2.09. The van der Waals surface area contributed by atoms with Crippen molar-refractivity contribution in [3.05, 3.63) is 64.4 Å². The van der Waals surface area contributed by atoms with E-state index < -0.39 is 5.82 Å². The minimum Gasteiger partial charge on any atom is -0.359 e. The van der Waals surface area contributed by atoms with E-state index in [0.29, 0.717) is 22.7 Å². The molecule has 0 fully saturated rings. The SMILES string of the molecule is CNC(=O)Cc1ccc2nc(-c3cc(F)cc(Cl)c3)cc(C)c2c1. The molecule has 1 N–H and O–H groups in total. The molecule has 24 heavy (non-hydrogen) atoms. The number of aromatic nitrogens is 1. The van der Waals surface area contributed by atoms with E-state index in [0.717, 1.165) is 22.0 Å². The molecule has 1 heterocycles. The first kappa shape index (κ1) is 16.4. The first-order valence-electron chi connectivity index (χ1n) is 7.53. The topological polar surface area (TPSA) is 42.0 Å². The van der Waals surface area contributed by atoms with Gasteiger partial charge in [0.2, 0.25) is 5.91 Å². The normalized spacial score (nSPS) is 10.8. The van der Waals surface area contributed by atoms with Gasteiger partial charge < -0.3 is 5.32 Å². The fourth-order valence-electron chi connectivity index (χ4n) is 2.67. The second-order valence-electron chi connectivity index (χ2n) is 5.68. The standard InChI is InChI=1S/C19H16ClFN2O/c1-11-5-18(13-8-14(20)10-15(21)9-13)23-17-4-3-12(6-16(11)17)7-19(24)22-2/h3-6,8-10H,7H2,1-2H3,(H,22,24). The van der Waals surface area contributed by atoms with Crippen LogP contribution in [0.25, 0.3) is 22.2 Å². The average Bonchev–Trinajstić information content (AvgIpc) is 2.54. The number of carbonyl (C=O) groups is 1. The minimum absolute atomic E-state index is 0.0361. The van der Waals surface area contributed by atoms with Crippen molar-refractivity contribution < 1.29 is 9.18 Å². The number of rotatable bonds is 3. The van der Waals surface area contributed by atoms with Crippen LogP contribution in [0.4, 0.5) is 4.39 Å². The summed E-state index contributed by atoms with van der Waals surface area (Å²) in [6.07, 6.45) is 0.327. The Morgan fingerprint density at radius 2 is 2.00 bits per heavy atom. The van der Waals surface area contributed by atoms with Crippen LogP contribution in [0.5, 0.6) is 0 Å². The highest BCUT2D eigenvalue weighted by atomic mass is 35.5. The molecule has 3 rings (SSSR count). The number of hydrogen-bond donors (Lipinski definition) is 1. The fraction of sp³-hybridized carbons (Fsp3) is 0.158. The minimum atomic E-state index is -0.391. The largest absolute Gasteiger partial charge is 0.359 e. The van der Waals surface area contributed by atoms with Gasteiger partial charge in [0, 0.05) is 23.0 Å². The van der Waals surface area contributed by atoms with Crippen LogP contribution < -0.4 is 5.32 Å². The maximum absolute atomic E-state index is 13.6. The molecular weight excluding hydrogens is 327 g/mol. The smallest absolute Gasteiger partial charge is 0.224 e. The summed E-state index contributed by atoms with van der Waals surface area (Å²) in [7, 11) is 1.62. The number of nitrogens with one attached hydrogen (secondary N) is 1. The van der Waals surface area contributed by atoms with Crippen LogP contribution in [-0.4, -0.2) is 17.9 Å². The van der Waals surface area contributed by atoms with E-state index in [-0.39, 0.29) is 5.91 Å². The van der Waals surface area contributed by atoms with E-state index in [1.807, 2.05) is 31.2 Å². The Morgan fingerprint density at radius 1 is 1.21 bits per heavy atom. The van der Waals surface area contributed by atoms with Crippen LogP contribution >= 0.6 is 11.6 Å². The van der Waals surface area contributed by atoms with Crippen molar-refractivity contribution >= 4 is 28.4 Å². The van der Waals surface area contributed by atoms with Crippen LogP contribution in [-0.2, 0) is 11.2 Å². The lowest BCUT2D eigenvalue weighted by atomic mass is 10.0. The third-order valence-corrected chi connectivity index (χ3v) is 4.10. The van der Waals surface area contributed by atoms with Crippen LogP contribution in [0.15, 0.2) is 42.5 Å². The molecule has 0 atom stereocenters. The van der Waals surface area contributed by atoms with E-state index in [1.165, 1.54) is 12.1 Å². The Balaban J connectivity index is 2.07. The molecule has 0 radical (unpaired) electrons. The third kappa shape index (κ3) is 3.39. The number of hydrogen-bond acceptors (Lipinski definition) is 2. The highest BCUT2D eigenvalue weighted by Crippen LogP contribution is 2.27. The Bertz CT molecular complexity index is 920. The fourth-order valence-corrected chi connectivity index (χ4v) is 2.90. The molecule has 5 heteroatoms. The quantitative estimate of drug-likeness (QED) is 0.771. The highest BCUT2D eigenvalue weighted by molar-refractivity contribution is 6.30. The van der Waals surface area contributed by atoms with Crippen molar-refractivity contribution in [2.75, 3.05) is 7.05 Å². The average molecular weight is 343 g/mol. The predicted molar refractivity (Wildman–Crippen MR) is 94.7 cm³/mol. The van der Waals surface area contributed by atoms with Crippen molar-refractivity contribution in [3.63, 3.8) is 0 Å². The summed E-state index contributed by atoms with van der Waals surface area (Å²) < 4.78 is 13.6. The number of halogens is 2. The number of amides is 1. The number of benzene rings is 2. The monoisotopic (exact) mass is 342 g/mol. The molecule has 122 valence electrons. The number of fused-ring (bicyclic) bond motifs is 1. The molecule has 1 amide bonds. The maximum Gasteiger partial charge on any atom is 0.224 e. The molecule has 3 nitrogen and oxygen atoms in total. The Morgan fingerprint density at radius 3 is 2.71 bits per heavy atom. The van der Waals surface area contributed by atoms with Gasteiger partial charge in [-0.05, 0) is 54.4 Å². The van der Waals surface area contributed by atoms with Gasteiger partial charge in [-0.3, -0.25) is 4.79 Å². The van der Waals surface area contributed by atoms with Crippen molar-refractivity contribution in [1.82, 2.24) is 10.3 Å². The second-order valence-corrected chi connectivity index (χ2v) is 6.12. The Kier molecular flexibility index (Phi) is 4.49. The summed E-state index contributed by atoms with van der Waals surface area (Å²) in [6.45, 7) is 1.97. The molecule has 0 saturated heterocycles. The molecule has 0 aliphatic rings. The highest BCUT2D eigenvalue weighted by Gasteiger charge is 2.09. The lowest BCUT2D eigenvalue weighted by Crippen LogP contribution is -2.19. The molecule has 3 aromatic rings. The van der Waals surface area contributed by atoms with Crippen molar-refractivity contribution in [1.29, 1.82) is 0 Å². The number of aryl methyl sites for hydroxylation is 1. The summed E-state index contributed by atoms with van der Waals surface area (Å²) >= 11 is 5.94. The van der Waals surface area contributed by atoms with Gasteiger partial charge in [-0.1, -0.05) is 17.7 Å². The second kappa shape index (κ2) is 6.57. The third-order valence-electron chi connectivity index (χ3n) is 3.88. The molecule has 0 spiro atoms.